The molecule has 0 aliphatic heterocycles. The molecule has 0 aromatic carbocycles. The lowest BCUT2D eigenvalue weighted by atomic mass is 10.3. The molecular formula is C11H14ClF2N3O2. The average molecular weight is 294 g/mol. The van der Waals surface area contributed by atoms with E-state index in [4.69, 9.17) is 16.7 Å². The molecule has 106 valence electrons. The Morgan fingerprint density at radius 2 is 2.26 bits per heavy atom. The molecule has 19 heavy (non-hydrogen) atoms. The number of hydrogen-bond acceptors (Lipinski definition) is 4. The Balaban J connectivity index is 2.16. The smallest absolute Gasteiger partial charge is 0.291 e. The van der Waals surface area contributed by atoms with E-state index in [1.807, 2.05) is 0 Å². The number of rotatable bonds is 6. The summed E-state index contributed by atoms with van der Waals surface area (Å²) in [6.07, 6.45) is 3.34. The van der Waals surface area contributed by atoms with E-state index in [1.54, 1.807) is 0 Å². The Hall–Kier alpha value is -1.21. The maximum Gasteiger partial charge on any atom is 0.291 e. The molecule has 0 radical (unpaired) electrons. The molecule has 1 aromatic rings. The molecule has 0 saturated heterocycles. The van der Waals surface area contributed by atoms with Crippen molar-refractivity contribution >= 4 is 17.3 Å². The number of nitrogens with one attached hydrogen (secondary N) is 1. The van der Waals surface area contributed by atoms with E-state index in [9.17, 15) is 13.6 Å². The minimum absolute atomic E-state index is 0.00853. The molecule has 0 bridgehead atoms. The molecule has 1 aliphatic rings. The van der Waals surface area contributed by atoms with E-state index in [0.29, 0.717) is 12.5 Å². The molecular weight excluding hydrogens is 280 g/mol. The third-order valence-electron chi connectivity index (χ3n) is 2.88. The second-order valence-electron chi connectivity index (χ2n) is 4.67. The summed E-state index contributed by atoms with van der Waals surface area (Å²) in [5.41, 5.74) is -0.626. The summed E-state index contributed by atoms with van der Waals surface area (Å²) in [4.78, 5) is 12.0. The first-order chi connectivity index (χ1) is 8.93. The highest BCUT2D eigenvalue weighted by Crippen LogP contribution is 2.30. The van der Waals surface area contributed by atoms with Gasteiger partial charge in [0.15, 0.2) is 0 Å². The van der Waals surface area contributed by atoms with Gasteiger partial charge >= 0.3 is 0 Å². The monoisotopic (exact) mass is 293 g/mol. The van der Waals surface area contributed by atoms with Gasteiger partial charge in [-0.15, -0.1) is 0 Å². The maximum absolute atomic E-state index is 12.9. The highest BCUT2D eigenvalue weighted by atomic mass is 35.5. The third kappa shape index (κ3) is 3.63. The van der Waals surface area contributed by atoms with Crippen LogP contribution in [0.4, 0.5) is 14.5 Å². The van der Waals surface area contributed by atoms with E-state index in [-0.39, 0.29) is 10.7 Å². The largest absolute Gasteiger partial charge is 0.390 e. The van der Waals surface area contributed by atoms with Crippen molar-refractivity contribution in [1.29, 1.82) is 0 Å². The predicted molar refractivity (Wildman–Crippen MR) is 66.8 cm³/mol. The molecule has 0 spiro atoms. The molecule has 8 heteroatoms. The second-order valence-corrected chi connectivity index (χ2v) is 5.07. The highest BCUT2D eigenvalue weighted by molar-refractivity contribution is 6.32. The molecule has 1 saturated carbocycles. The number of halogens is 3. The molecule has 2 N–H and O–H groups in total. The van der Waals surface area contributed by atoms with Crippen LogP contribution >= 0.6 is 11.6 Å². The van der Waals surface area contributed by atoms with E-state index in [1.165, 1.54) is 10.9 Å². The summed E-state index contributed by atoms with van der Waals surface area (Å²) < 4.78 is 27.1. The molecule has 1 fully saturated rings. The van der Waals surface area contributed by atoms with Gasteiger partial charge in [-0.05, 0) is 18.8 Å². The molecule has 2 rings (SSSR count). The van der Waals surface area contributed by atoms with Gasteiger partial charge in [-0.2, -0.15) is 5.10 Å². The Kier molecular flexibility index (Phi) is 4.05. The van der Waals surface area contributed by atoms with Crippen LogP contribution < -0.4 is 10.9 Å². The summed E-state index contributed by atoms with van der Waals surface area (Å²) in [5.74, 6) is -2.88. The van der Waals surface area contributed by atoms with Crippen molar-refractivity contribution in [2.24, 2.45) is 5.92 Å². The Morgan fingerprint density at radius 3 is 2.84 bits per heavy atom. The van der Waals surface area contributed by atoms with Gasteiger partial charge in [0.05, 0.1) is 17.8 Å². The van der Waals surface area contributed by atoms with Crippen molar-refractivity contribution in [3.8, 4) is 0 Å². The molecule has 0 unspecified atom stereocenters. The first-order valence-electron chi connectivity index (χ1n) is 5.91. The van der Waals surface area contributed by atoms with Crippen molar-refractivity contribution in [2.45, 2.75) is 25.3 Å². The van der Waals surface area contributed by atoms with E-state index < -0.39 is 24.6 Å². The van der Waals surface area contributed by atoms with Crippen LogP contribution in [0.1, 0.15) is 12.8 Å². The van der Waals surface area contributed by atoms with Crippen molar-refractivity contribution in [3.05, 3.63) is 21.6 Å². The zero-order valence-electron chi connectivity index (χ0n) is 10.1. The normalized spacial score (nSPS) is 15.6. The van der Waals surface area contributed by atoms with Crippen LogP contribution in [0.5, 0.6) is 0 Å². The standard InChI is InChI=1S/C11H14ClF2N3O2/c12-8-3-16-17(4-7-1-2-7)10(19)9(8)15-5-11(13,14)6-18/h3,7,15,18H,1-2,4-6H2. The van der Waals surface area contributed by atoms with Gasteiger partial charge in [0, 0.05) is 6.54 Å². The van der Waals surface area contributed by atoms with Crippen LogP contribution in [0.25, 0.3) is 0 Å². The van der Waals surface area contributed by atoms with Crippen LogP contribution in [0.15, 0.2) is 11.0 Å². The van der Waals surface area contributed by atoms with Crippen LogP contribution in [-0.2, 0) is 6.54 Å². The van der Waals surface area contributed by atoms with Crippen molar-refractivity contribution in [3.63, 3.8) is 0 Å². The van der Waals surface area contributed by atoms with Gasteiger partial charge in [0.1, 0.15) is 12.3 Å². The third-order valence-corrected chi connectivity index (χ3v) is 3.17. The summed E-state index contributed by atoms with van der Waals surface area (Å²) >= 11 is 5.78. The fourth-order valence-electron chi connectivity index (χ4n) is 1.58. The van der Waals surface area contributed by atoms with Crippen molar-refractivity contribution in [1.82, 2.24) is 9.78 Å². The van der Waals surface area contributed by atoms with Gasteiger partial charge in [0.25, 0.3) is 11.5 Å². The molecule has 1 aromatic heterocycles. The first kappa shape index (κ1) is 14.2. The quantitative estimate of drug-likeness (QED) is 0.831. The number of hydrogen-bond donors (Lipinski definition) is 2. The van der Waals surface area contributed by atoms with Gasteiger partial charge in [-0.3, -0.25) is 4.79 Å². The molecule has 1 heterocycles. The SMILES string of the molecule is O=c1c(NCC(F)(F)CO)c(Cl)cnn1CC1CC1. The number of alkyl halides is 2. The zero-order chi connectivity index (χ0) is 14.0. The van der Waals surface area contributed by atoms with Crippen LogP contribution in [0.2, 0.25) is 5.02 Å². The molecule has 0 atom stereocenters. The predicted octanol–water partition coefficient (Wildman–Crippen LogP) is 1.35. The van der Waals surface area contributed by atoms with E-state index >= 15 is 0 Å². The van der Waals surface area contributed by atoms with Gasteiger partial charge in [-0.1, -0.05) is 11.6 Å². The Morgan fingerprint density at radius 1 is 1.58 bits per heavy atom. The number of anilines is 1. The zero-order valence-corrected chi connectivity index (χ0v) is 10.8. The fraction of sp³-hybridized carbons (Fsp3) is 0.636. The van der Waals surface area contributed by atoms with Gasteiger partial charge < -0.3 is 10.4 Å². The fourth-order valence-corrected chi connectivity index (χ4v) is 1.77. The molecule has 1 aliphatic carbocycles. The Labute approximate surface area is 113 Å². The lowest BCUT2D eigenvalue weighted by Crippen LogP contribution is -2.34. The summed E-state index contributed by atoms with van der Waals surface area (Å²) in [6.45, 7) is -1.67. The molecule has 0 amide bonds. The number of aliphatic hydroxyl groups is 1. The number of nitrogens with zero attached hydrogens (tertiary/aromatic N) is 2. The lowest BCUT2D eigenvalue weighted by molar-refractivity contribution is -0.0373. The van der Waals surface area contributed by atoms with Crippen molar-refractivity contribution < 1.29 is 13.9 Å². The lowest BCUT2D eigenvalue weighted by Gasteiger charge is -2.15. The van der Waals surface area contributed by atoms with Crippen LogP contribution in [0.3, 0.4) is 0 Å². The second kappa shape index (κ2) is 5.42. The van der Waals surface area contributed by atoms with Crippen LogP contribution in [-0.4, -0.2) is 34.0 Å². The highest BCUT2D eigenvalue weighted by Gasteiger charge is 2.29. The average Bonchev–Trinajstić information content (AvgIpc) is 3.16. The number of aliphatic hydroxyl groups excluding tert-OH is 1. The summed E-state index contributed by atoms with van der Waals surface area (Å²) in [6, 6.07) is 0. The van der Waals surface area contributed by atoms with Gasteiger partial charge in [-0.25, -0.2) is 13.5 Å². The Bertz CT molecular complexity index is 517. The van der Waals surface area contributed by atoms with Crippen molar-refractivity contribution in [2.75, 3.05) is 18.5 Å². The summed E-state index contributed by atoms with van der Waals surface area (Å²) in [7, 11) is 0. The number of aromatic nitrogens is 2. The maximum atomic E-state index is 12.9. The van der Waals surface area contributed by atoms with E-state index in [0.717, 1.165) is 12.8 Å². The van der Waals surface area contributed by atoms with Gasteiger partial charge in [0.2, 0.25) is 0 Å². The summed E-state index contributed by atoms with van der Waals surface area (Å²) in [5, 5.41) is 14.6. The first-order valence-corrected chi connectivity index (χ1v) is 6.29. The molecule has 5 nitrogen and oxygen atoms in total. The van der Waals surface area contributed by atoms with Crippen LogP contribution in [0, 0.1) is 5.92 Å². The topological polar surface area (TPSA) is 67.2 Å². The minimum Gasteiger partial charge on any atom is -0.390 e. The van der Waals surface area contributed by atoms with E-state index in [2.05, 4.69) is 10.4 Å². The minimum atomic E-state index is -3.31.